The summed E-state index contributed by atoms with van der Waals surface area (Å²) in [6, 6.07) is 0. The van der Waals surface area contributed by atoms with E-state index in [0.717, 1.165) is 45.5 Å². The van der Waals surface area contributed by atoms with Gasteiger partial charge in [0.2, 0.25) is 9.92 Å². The van der Waals surface area contributed by atoms with Gasteiger partial charge in [-0.2, -0.15) is 82.1 Å². The SMILES string of the molecule is BrB(Br)Br.C.COCc1nn2c(=O)c(-c3cnn(CCC(F)(F)F)c3)c(C(F)(F)F)nc2s1.O=c1c(-c2cnn(CCC(F)(F)F)c2)c(C(F)(F)F)nc2sc(CO)nn12. The number of aliphatic hydroxyl groups excluding tert-OH is 1. The van der Waals surface area contributed by atoms with E-state index < -0.39 is 90.9 Å². The molecular weight excluding hydrogens is 1080 g/mol. The molecule has 0 saturated heterocycles. The third-order valence-electron chi connectivity index (χ3n) is 6.94. The zero-order valence-corrected chi connectivity index (χ0v) is 35.2. The molecule has 6 heterocycles. The number of alkyl halides is 12. The molecule has 6 aromatic heterocycles. The Bertz CT molecular complexity index is 2490. The van der Waals surface area contributed by atoms with Crippen LogP contribution in [0.3, 0.4) is 0 Å². The van der Waals surface area contributed by atoms with Gasteiger partial charge in [-0.25, -0.2) is 9.97 Å². The summed E-state index contributed by atoms with van der Waals surface area (Å²) in [5.41, 5.74) is -7.59. The average molecular weight is 1110 g/mol. The predicted octanol–water partition coefficient (Wildman–Crippen LogP) is 8.40. The van der Waals surface area contributed by atoms with Crippen LogP contribution in [0.2, 0.25) is 0 Å². The summed E-state index contributed by atoms with van der Waals surface area (Å²) in [6.07, 6.45) is -17.8. The van der Waals surface area contributed by atoms with Crippen molar-refractivity contribution in [3.05, 3.63) is 66.9 Å². The molecule has 0 fully saturated rings. The molecule has 6 rings (SSSR count). The highest BCUT2D eigenvalue weighted by Crippen LogP contribution is 2.36. The lowest BCUT2D eigenvalue weighted by Crippen LogP contribution is -2.24. The summed E-state index contributed by atoms with van der Waals surface area (Å²) in [4.78, 5) is 31.4. The minimum Gasteiger partial charge on any atom is -0.389 e. The van der Waals surface area contributed by atoms with Crippen LogP contribution >= 0.6 is 69.9 Å². The van der Waals surface area contributed by atoms with E-state index in [0.29, 0.717) is 20.4 Å². The molecule has 1 N–H and O–H groups in total. The maximum atomic E-state index is 13.5. The first kappa shape index (κ1) is 50.9. The van der Waals surface area contributed by atoms with Gasteiger partial charge in [0.25, 0.3) is 11.1 Å². The van der Waals surface area contributed by atoms with Gasteiger partial charge in [0, 0.05) is 43.7 Å². The van der Waals surface area contributed by atoms with Crippen LogP contribution in [-0.4, -0.2) is 76.5 Å². The van der Waals surface area contributed by atoms with Crippen LogP contribution in [0.25, 0.3) is 32.2 Å². The van der Waals surface area contributed by atoms with Crippen molar-refractivity contribution in [3.63, 3.8) is 0 Å². The second-order valence-corrected chi connectivity index (χ2v) is 19.7. The smallest absolute Gasteiger partial charge is 0.389 e. The minimum atomic E-state index is -5.00. The van der Waals surface area contributed by atoms with Crippen molar-refractivity contribution in [2.24, 2.45) is 0 Å². The van der Waals surface area contributed by atoms with Crippen LogP contribution in [-0.2, 0) is 43.4 Å². The molecule has 330 valence electrons. The molecule has 0 saturated carbocycles. The number of aliphatic hydroxyl groups is 1. The van der Waals surface area contributed by atoms with Crippen molar-refractivity contribution in [1.82, 2.24) is 48.8 Å². The second kappa shape index (κ2) is 20.2. The summed E-state index contributed by atoms with van der Waals surface area (Å²) in [7, 11) is 1.35. The van der Waals surface area contributed by atoms with E-state index in [1.54, 1.807) is 0 Å². The number of nitrogens with zero attached hydrogens (tertiary/aromatic N) is 10. The van der Waals surface area contributed by atoms with Crippen LogP contribution < -0.4 is 11.1 Å². The lowest BCUT2D eigenvalue weighted by atomic mass is 10.1. The van der Waals surface area contributed by atoms with Gasteiger partial charge in [0.05, 0.1) is 49.6 Å². The number of hydrogen-bond acceptors (Lipinski definition) is 12. The minimum absolute atomic E-state index is 0. The Morgan fingerprint density at radius 1 is 0.700 bits per heavy atom. The van der Waals surface area contributed by atoms with Crippen LogP contribution in [0, 0.1) is 0 Å². The van der Waals surface area contributed by atoms with Gasteiger partial charge in [-0.15, -0.1) is 47.3 Å². The molecule has 0 atom stereocenters. The van der Waals surface area contributed by atoms with Crippen molar-refractivity contribution in [3.8, 4) is 22.3 Å². The van der Waals surface area contributed by atoms with Crippen LogP contribution in [0.4, 0.5) is 52.7 Å². The molecule has 0 radical (unpaired) electrons. The first-order chi connectivity index (χ1) is 27.2. The third-order valence-corrected chi connectivity index (χ3v) is 8.71. The first-order valence-corrected chi connectivity index (χ1v) is 19.8. The van der Waals surface area contributed by atoms with Crippen molar-refractivity contribution < 1.29 is 62.5 Å². The Morgan fingerprint density at radius 2 is 1.07 bits per heavy atom. The summed E-state index contributed by atoms with van der Waals surface area (Å²) in [5, 5.41) is 24.0. The van der Waals surface area contributed by atoms with Gasteiger partial charge in [0.1, 0.15) is 10.0 Å². The van der Waals surface area contributed by atoms with Gasteiger partial charge in [-0.3, -0.25) is 19.0 Å². The molecule has 14 nitrogen and oxygen atoms in total. The molecule has 0 spiro atoms. The van der Waals surface area contributed by atoms with E-state index in [2.05, 4.69) is 77.6 Å². The largest absolute Gasteiger partial charge is 0.434 e. The fourth-order valence-corrected chi connectivity index (χ4v) is 6.26. The fraction of sp³-hybridized carbons (Fsp3) is 0.429. The second-order valence-electron chi connectivity index (χ2n) is 11.2. The fourth-order valence-electron chi connectivity index (χ4n) is 4.66. The molecule has 0 aliphatic heterocycles. The van der Waals surface area contributed by atoms with E-state index >= 15 is 0 Å². The Balaban J connectivity index is 0.000000290. The number of aryl methyl sites for hydroxylation is 2. The standard InChI is InChI=1S/C14H11F6N5O2S.C13H9F6N5O2S.CH4.BBr3/c1-27-6-8-23-25-11(26)9(10(14(18,19)20)22-12(25)28-8)7-4-21-24(5-7)3-2-13(15,16)17;14-12(15,16)1-2-23-4-6(3-20-23)8-9(13(17,18)19)21-11-24(10(8)26)22-7(5-25)27-11;;2-1(3)4/h4-5H,2-3,6H2,1H3;3-4,25H,1-2,5H2;1H4;. The number of rotatable bonds is 9. The van der Waals surface area contributed by atoms with E-state index in [1.807, 2.05) is 0 Å². The summed E-state index contributed by atoms with van der Waals surface area (Å²) in [5.74, 6) is 0. The highest BCUT2D eigenvalue weighted by atomic mass is 79.9. The quantitative estimate of drug-likeness (QED) is 0.110. The Hall–Kier alpha value is -3.46. The molecule has 0 unspecified atom stereocenters. The van der Waals surface area contributed by atoms with Crippen molar-refractivity contribution in [1.29, 1.82) is 0 Å². The zero-order chi connectivity index (χ0) is 44.2. The summed E-state index contributed by atoms with van der Waals surface area (Å²) >= 11 is 10.7. The van der Waals surface area contributed by atoms with Gasteiger partial charge < -0.3 is 9.84 Å². The molecule has 6 aromatic rings. The molecule has 0 amide bonds. The highest BCUT2D eigenvalue weighted by molar-refractivity contribution is 9.69. The number of ether oxygens (including phenoxy) is 1. The van der Waals surface area contributed by atoms with Crippen molar-refractivity contribution >= 4 is 83.1 Å². The lowest BCUT2D eigenvalue weighted by Gasteiger charge is -2.10. The van der Waals surface area contributed by atoms with Crippen molar-refractivity contribution in [2.45, 2.75) is 71.3 Å². The van der Waals surface area contributed by atoms with E-state index in [1.165, 1.54) is 7.11 Å². The summed E-state index contributed by atoms with van der Waals surface area (Å²) < 4.78 is 162. The monoisotopic (exact) mass is 1100 g/mol. The van der Waals surface area contributed by atoms with Gasteiger partial charge in [-0.05, 0) is 0 Å². The number of hydrogen-bond donors (Lipinski definition) is 1. The lowest BCUT2D eigenvalue weighted by molar-refractivity contribution is -0.141. The predicted molar refractivity (Wildman–Crippen MR) is 204 cm³/mol. The topological polar surface area (TPSA) is 160 Å². The van der Waals surface area contributed by atoms with Crippen LogP contribution in [0.15, 0.2) is 34.4 Å². The van der Waals surface area contributed by atoms with Crippen LogP contribution in [0.5, 0.6) is 0 Å². The van der Waals surface area contributed by atoms with E-state index in [9.17, 15) is 62.3 Å². The molecule has 32 heteroatoms. The maximum Gasteiger partial charge on any atom is 0.434 e. The molecular formula is C28H24BBr3F12N10O4S2. The summed E-state index contributed by atoms with van der Waals surface area (Å²) in [6.45, 7) is -1.84. The molecule has 0 aliphatic rings. The molecule has 60 heavy (non-hydrogen) atoms. The maximum absolute atomic E-state index is 13.5. The average Bonchev–Trinajstić information content (AvgIpc) is 3.91. The number of methoxy groups -OCH3 is 1. The van der Waals surface area contributed by atoms with Crippen LogP contribution in [0.1, 0.15) is 41.7 Å². The Morgan fingerprint density at radius 3 is 1.40 bits per heavy atom. The van der Waals surface area contributed by atoms with E-state index in [4.69, 9.17) is 9.84 Å². The Labute approximate surface area is 360 Å². The molecule has 0 bridgehead atoms. The highest BCUT2D eigenvalue weighted by Gasteiger charge is 2.40. The first-order valence-electron chi connectivity index (χ1n) is 15.4. The Kier molecular flexibility index (Phi) is 17.1. The third kappa shape index (κ3) is 13.5. The van der Waals surface area contributed by atoms with Gasteiger partial charge in [0.15, 0.2) is 11.4 Å². The number of aromatic nitrogens is 10. The van der Waals surface area contributed by atoms with Crippen molar-refractivity contribution in [2.75, 3.05) is 7.11 Å². The zero-order valence-electron chi connectivity index (χ0n) is 28.8. The van der Waals surface area contributed by atoms with Gasteiger partial charge >= 0.3 is 27.9 Å². The number of halogens is 15. The number of fused-ring (bicyclic) bond motifs is 2. The molecule has 0 aliphatic carbocycles. The van der Waals surface area contributed by atoms with Gasteiger partial charge in [-0.1, -0.05) is 30.1 Å². The molecule has 0 aromatic carbocycles. The normalized spacial score (nSPS) is 12.2. The van der Waals surface area contributed by atoms with E-state index in [-0.39, 0.29) is 48.3 Å².